The lowest BCUT2D eigenvalue weighted by Gasteiger charge is -2.18. The Morgan fingerprint density at radius 2 is 1.38 bits per heavy atom. The van der Waals surface area contributed by atoms with E-state index in [0.29, 0.717) is 36.8 Å². The topological polar surface area (TPSA) is 109 Å². The number of unbranched alkanes of at least 4 members (excludes halogenated alkanes) is 5. The van der Waals surface area contributed by atoms with Crippen LogP contribution in [0.2, 0.25) is 0 Å². The Hall–Kier alpha value is -4.14. The molecule has 0 spiro atoms. The third-order valence-electron chi connectivity index (χ3n) is 7.72. The first-order valence-electron chi connectivity index (χ1n) is 16.2. The van der Waals surface area contributed by atoms with Crippen LogP contribution in [0.1, 0.15) is 63.5 Å². The summed E-state index contributed by atoms with van der Waals surface area (Å²) in [5, 5.41) is 20.1. The van der Waals surface area contributed by atoms with Crippen LogP contribution in [0.3, 0.4) is 0 Å². The molecular weight excluding hydrogens is 566 g/mol. The van der Waals surface area contributed by atoms with Gasteiger partial charge in [0.05, 0.1) is 0 Å². The van der Waals surface area contributed by atoms with Crippen LogP contribution in [-0.4, -0.2) is 36.9 Å². The van der Waals surface area contributed by atoms with Gasteiger partial charge in [0.1, 0.15) is 42.2 Å². The van der Waals surface area contributed by atoms with Crippen LogP contribution >= 0.6 is 0 Å². The van der Waals surface area contributed by atoms with Gasteiger partial charge in [-0.25, -0.2) is 0 Å². The highest BCUT2D eigenvalue weighted by Crippen LogP contribution is 2.22. The Bertz CT molecular complexity index is 1480. The molecule has 0 heterocycles. The molecular formula is C37H47N3O5. The van der Waals surface area contributed by atoms with E-state index >= 15 is 0 Å². The first-order chi connectivity index (χ1) is 21.9. The van der Waals surface area contributed by atoms with E-state index in [4.69, 9.17) is 9.47 Å². The number of ether oxygens (including phenoxy) is 2. The monoisotopic (exact) mass is 613 g/mol. The van der Waals surface area contributed by atoms with Crippen LogP contribution in [0.5, 0.6) is 11.5 Å². The summed E-state index contributed by atoms with van der Waals surface area (Å²) in [6.07, 6.45) is 7.13. The van der Waals surface area contributed by atoms with Gasteiger partial charge in [0, 0.05) is 24.8 Å². The molecule has 0 bridgehead atoms. The highest BCUT2D eigenvalue weighted by molar-refractivity contribution is 5.78. The summed E-state index contributed by atoms with van der Waals surface area (Å²) in [6, 6.07) is 25.4. The van der Waals surface area contributed by atoms with Crippen molar-refractivity contribution < 1.29 is 14.6 Å². The SMILES string of the molecule is CCCCCCCCNc1c(Nc2ccc(CC(C)NC[C@H](O)COc3ccc(OCc4ccccc4)cc3)cc2)c(=O)c1=O. The minimum atomic E-state index is -0.659. The lowest BCUT2D eigenvalue weighted by atomic mass is 10.1. The fourth-order valence-corrected chi connectivity index (χ4v) is 5.05. The minimum Gasteiger partial charge on any atom is -0.491 e. The van der Waals surface area contributed by atoms with E-state index in [-0.39, 0.29) is 12.6 Å². The van der Waals surface area contributed by atoms with Crippen LogP contribution in [0.15, 0.2) is 88.5 Å². The summed E-state index contributed by atoms with van der Waals surface area (Å²) in [6.45, 7) is 6.04. The molecule has 0 aliphatic carbocycles. The number of rotatable bonds is 21. The number of benzene rings is 3. The molecule has 0 aliphatic rings. The molecule has 0 fully saturated rings. The summed E-state index contributed by atoms with van der Waals surface area (Å²) in [4.78, 5) is 24.3. The third kappa shape index (κ3) is 11.1. The molecule has 45 heavy (non-hydrogen) atoms. The second-order valence-corrected chi connectivity index (χ2v) is 11.6. The number of nitrogens with one attached hydrogen (secondary N) is 3. The van der Waals surface area contributed by atoms with Crippen LogP contribution < -0.4 is 36.3 Å². The van der Waals surface area contributed by atoms with E-state index < -0.39 is 17.0 Å². The summed E-state index contributed by atoms with van der Waals surface area (Å²) >= 11 is 0. The summed E-state index contributed by atoms with van der Waals surface area (Å²) in [7, 11) is 0. The predicted molar refractivity (Wildman–Crippen MR) is 183 cm³/mol. The summed E-state index contributed by atoms with van der Waals surface area (Å²) in [5.74, 6) is 1.43. The molecule has 0 amide bonds. The number of aliphatic hydroxyl groups excluding tert-OH is 1. The molecule has 8 heteroatoms. The van der Waals surface area contributed by atoms with Crippen molar-refractivity contribution in [3.8, 4) is 11.5 Å². The van der Waals surface area contributed by atoms with Crippen molar-refractivity contribution in [1.29, 1.82) is 0 Å². The van der Waals surface area contributed by atoms with Gasteiger partial charge in [-0.2, -0.15) is 0 Å². The zero-order valence-corrected chi connectivity index (χ0v) is 26.5. The normalized spacial score (nSPS) is 12.5. The standard InChI is InChI=1S/C37H47N3O5/c1-3-4-5-6-7-11-22-38-34-35(37(43)36(34)42)40-30-16-14-28(15-17-30)23-27(2)39-24-31(41)26-45-33-20-18-32(19-21-33)44-25-29-12-9-8-10-13-29/h8-10,12-21,27,31,38-41H,3-7,11,22-26H2,1-2H3/t27?,31-/m0/s1. The highest BCUT2D eigenvalue weighted by atomic mass is 16.5. The van der Waals surface area contributed by atoms with Crippen molar-refractivity contribution in [1.82, 2.24) is 5.32 Å². The number of aliphatic hydroxyl groups is 1. The van der Waals surface area contributed by atoms with Gasteiger partial charge in [0.15, 0.2) is 0 Å². The average Bonchev–Trinajstić information content (AvgIpc) is 3.07. The van der Waals surface area contributed by atoms with Crippen molar-refractivity contribution in [2.45, 2.75) is 77.5 Å². The van der Waals surface area contributed by atoms with Gasteiger partial charge in [-0.15, -0.1) is 0 Å². The van der Waals surface area contributed by atoms with Crippen LogP contribution in [0.25, 0.3) is 0 Å². The Morgan fingerprint density at radius 1 is 0.733 bits per heavy atom. The Labute approximate surface area is 266 Å². The fourth-order valence-electron chi connectivity index (χ4n) is 5.05. The summed E-state index contributed by atoms with van der Waals surface area (Å²) < 4.78 is 11.6. The van der Waals surface area contributed by atoms with E-state index in [1.165, 1.54) is 25.7 Å². The van der Waals surface area contributed by atoms with Gasteiger partial charge in [-0.3, -0.25) is 9.59 Å². The molecule has 4 aromatic carbocycles. The van der Waals surface area contributed by atoms with Crippen molar-refractivity contribution >= 4 is 17.1 Å². The molecule has 0 aliphatic heterocycles. The lowest BCUT2D eigenvalue weighted by Crippen LogP contribution is -2.37. The maximum absolute atomic E-state index is 12.2. The second kappa shape index (κ2) is 18.0. The number of anilines is 3. The number of hydrogen-bond donors (Lipinski definition) is 4. The molecule has 4 rings (SSSR count). The van der Waals surface area contributed by atoms with Gasteiger partial charge in [-0.1, -0.05) is 81.5 Å². The smallest absolute Gasteiger partial charge is 0.253 e. The maximum Gasteiger partial charge on any atom is 0.253 e. The maximum atomic E-state index is 12.2. The fraction of sp³-hybridized carbons (Fsp3) is 0.405. The molecule has 4 N–H and O–H groups in total. The van der Waals surface area contributed by atoms with Gasteiger partial charge in [-0.05, 0) is 67.3 Å². The van der Waals surface area contributed by atoms with Crippen LogP contribution in [0.4, 0.5) is 17.1 Å². The Balaban J connectivity index is 1.13. The van der Waals surface area contributed by atoms with E-state index in [2.05, 4.69) is 29.8 Å². The van der Waals surface area contributed by atoms with Gasteiger partial charge >= 0.3 is 0 Å². The van der Waals surface area contributed by atoms with Crippen molar-refractivity contribution in [2.75, 3.05) is 30.3 Å². The average molecular weight is 614 g/mol. The molecule has 0 saturated heterocycles. The second-order valence-electron chi connectivity index (χ2n) is 11.6. The Kier molecular flexibility index (Phi) is 13.5. The molecule has 4 aromatic rings. The van der Waals surface area contributed by atoms with E-state index in [9.17, 15) is 14.7 Å². The highest BCUT2D eigenvalue weighted by Gasteiger charge is 2.20. The van der Waals surface area contributed by atoms with Gasteiger partial charge in [0.2, 0.25) is 0 Å². The quantitative estimate of drug-likeness (QED) is 0.0637. The molecule has 1 unspecified atom stereocenters. The van der Waals surface area contributed by atoms with Crippen molar-refractivity contribution in [2.24, 2.45) is 0 Å². The zero-order valence-electron chi connectivity index (χ0n) is 26.5. The minimum absolute atomic E-state index is 0.130. The first-order valence-corrected chi connectivity index (χ1v) is 16.2. The van der Waals surface area contributed by atoms with Crippen LogP contribution in [-0.2, 0) is 13.0 Å². The zero-order chi connectivity index (χ0) is 31.9. The lowest BCUT2D eigenvalue weighted by molar-refractivity contribution is 0.104. The van der Waals surface area contributed by atoms with Crippen LogP contribution in [0, 0.1) is 0 Å². The third-order valence-corrected chi connectivity index (χ3v) is 7.72. The van der Waals surface area contributed by atoms with E-state index in [1.807, 2.05) is 78.9 Å². The molecule has 8 nitrogen and oxygen atoms in total. The van der Waals surface area contributed by atoms with Crippen molar-refractivity contribution in [3.63, 3.8) is 0 Å². The molecule has 0 aromatic heterocycles. The largest absolute Gasteiger partial charge is 0.491 e. The number of hydrogen-bond acceptors (Lipinski definition) is 8. The predicted octanol–water partition coefficient (Wildman–Crippen LogP) is 6.34. The molecule has 0 saturated carbocycles. The van der Waals surface area contributed by atoms with E-state index in [0.717, 1.165) is 41.8 Å². The van der Waals surface area contributed by atoms with Gasteiger partial charge < -0.3 is 30.5 Å². The first kappa shape index (κ1) is 33.7. The van der Waals surface area contributed by atoms with Crippen molar-refractivity contribution in [3.05, 3.63) is 110 Å². The molecule has 240 valence electrons. The van der Waals surface area contributed by atoms with Gasteiger partial charge in [0.25, 0.3) is 10.9 Å². The Morgan fingerprint density at radius 3 is 2.09 bits per heavy atom. The summed E-state index contributed by atoms with van der Waals surface area (Å²) in [5.41, 5.74) is 2.80. The molecule has 2 atom stereocenters. The van der Waals surface area contributed by atoms with E-state index in [1.54, 1.807) is 0 Å². The molecule has 0 radical (unpaired) electrons.